The van der Waals surface area contributed by atoms with E-state index < -0.39 is 101 Å². The monoisotopic (exact) mass is 1020 g/mol. The van der Waals surface area contributed by atoms with Gasteiger partial charge in [-0.3, -0.25) is 43.2 Å². The molecule has 0 aromatic rings. The SMILES string of the molecule is CC(=O)N[C@@H](CCCCN)C(=O)N[C@@H](CCCCN)C(=O)N[C@@H](CC(C)C)C(=O)N[C@@H](CC(C)C)C(=O)N[C@@H](CCCCN)C(=O)N[C@@H](CCCCN)C(=O)N[C@@H](CC(C)C)C(=O)N[C@@H](CC(C)C)C(N)=O. The maximum atomic E-state index is 14.3. The van der Waals surface area contributed by atoms with Gasteiger partial charge < -0.3 is 71.2 Å². The summed E-state index contributed by atoms with van der Waals surface area (Å²) >= 11 is 0. The number of amides is 9. The summed E-state index contributed by atoms with van der Waals surface area (Å²) in [4.78, 5) is 122. The molecule has 8 atom stereocenters. The van der Waals surface area contributed by atoms with Gasteiger partial charge in [-0.2, -0.15) is 0 Å². The second-order valence-corrected chi connectivity index (χ2v) is 20.7. The molecule has 0 heterocycles. The van der Waals surface area contributed by atoms with Crippen LogP contribution in [0.3, 0.4) is 0 Å². The largest absolute Gasteiger partial charge is 0.368 e. The molecule has 0 aliphatic carbocycles. The van der Waals surface area contributed by atoms with Crippen LogP contribution in [0.1, 0.15) is 165 Å². The van der Waals surface area contributed by atoms with Crippen molar-refractivity contribution in [1.82, 2.24) is 42.5 Å². The molecule has 0 radical (unpaired) electrons. The summed E-state index contributed by atoms with van der Waals surface area (Å²) in [6.45, 7) is 17.7. The first-order valence-corrected chi connectivity index (χ1v) is 26.4. The Kier molecular flexibility index (Phi) is 35.2. The van der Waals surface area contributed by atoms with E-state index in [0.717, 1.165) is 0 Å². The van der Waals surface area contributed by atoms with E-state index in [2.05, 4.69) is 42.5 Å². The molecular formula is C50H97N13O9. The fourth-order valence-electron chi connectivity index (χ4n) is 8.02. The van der Waals surface area contributed by atoms with Gasteiger partial charge in [0.2, 0.25) is 53.2 Å². The van der Waals surface area contributed by atoms with Crippen LogP contribution in [0, 0.1) is 23.7 Å². The van der Waals surface area contributed by atoms with Crippen molar-refractivity contribution < 1.29 is 43.2 Å². The molecule has 0 saturated heterocycles. The molecule has 22 heteroatoms. The average molecular weight is 1020 g/mol. The average Bonchev–Trinajstić information content (AvgIpc) is 3.28. The lowest BCUT2D eigenvalue weighted by Crippen LogP contribution is -2.60. The summed E-state index contributed by atoms with van der Waals surface area (Å²) in [7, 11) is 0. The highest BCUT2D eigenvalue weighted by molar-refractivity contribution is 5.98. The highest BCUT2D eigenvalue weighted by Crippen LogP contribution is 2.14. The van der Waals surface area contributed by atoms with Gasteiger partial charge in [0, 0.05) is 6.92 Å². The Hall–Kier alpha value is -4.93. The number of primary amides is 1. The number of nitrogens with two attached hydrogens (primary N) is 5. The Morgan fingerprint density at radius 1 is 0.306 bits per heavy atom. The minimum atomic E-state index is -1.18. The summed E-state index contributed by atoms with van der Waals surface area (Å²) in [6.07, 6.45) is 5.82. The second kappa shape index (κ2) is 37.8. The Balaban J connectivity index is 6.73. The van der Waals surface area contributed by atoms with Crippen molar-refractivity contribution in [3.05, 3.63) is 0 Å². The highest BCUT2D eigenvalue weighted by Gasteiger charge is 2.35. The van der Waals surface area contributed by atoms with Crippen molar-refractivity contribution in [3.63, 3.8) is 0 Å². The van der Waals surface area contributed by atoms with Crippen LogP contribution in [0.25, 0.3) is 0 Å². The van der Waals surface area contributed by atoms with Gasteiger partial charge >= 0.3 is 0 Å². The van der Waals surface area contributed by atoms with Gasteiger partial charge in [-0.25, -0.2) is 0 Å². The fraction of sp³-hybridized carbons (Fsp3) is 0.820. The molecule has 0 aromatic heterocycles. The summed E-state index contributed by atoms with van der Waals surface area (Å²) in [5, 5.41) is 22.1. The van der Waals surface area contributed by atoms with E-state index >= 15 is 0 Å². The summed E-state index contributed by atoms with van der Waals surface area (Å²) < 4.78 is 0. The van der Waals surface area contributed by atoms with Crippen LogP contribution < -0.4 is 71.2 Å². The first kappa shape index (κ1) is 67.1. The third-order valence-corrected chi connectivity index (χ3v) is 11.8. The van der Waals surface area contributed by atoms with Crippen molar-refractivity contribution in [2.45, 2.75) is 213 Å². The van der Waals surface area contributed by atoms with E-state index in [-0.39, 0.29) is 62.2 Å². The molecular weight excluding hydrogens is 927 g/mol. The van der Waals surface area contributed by atoms with Crippen LogP contribution in [0.2, 0.25) is 0 Å². The Morgan fingerprint density at radius 3 is 0.708 bits per heavy atom. The first-order valence-electron chi connectivity index (χ1n) is 26.4. The predicted octanol–water partition coefficient (Wildman–Crippen LogP) is 0.0704. The zero-order chi connectivity index (χ0) is 54.9. The minimum Gasteiger partial charge on any atom is -0.368 e. The van der Waals surface area contributed by atoms with E-state index in [1.54, 1.807) is 0 Å². The van der Waals surface area contributed by atoms with Crippen LogP contribution in [0.15, 0.2) is 0 Å². The number of rotatable bonds is 40. The molecule has 0 saturated carbocycles. The molecule has 9 amide bonds. The topological polar surface area (TPSA) is 380 Å². The van der Waals surface area contributed by atoms with Gasteiger partial charge in [0.05, 0.1) is 0 Å². The third-order valence-electron chi connectivity index (χ3n) is 11.8. The zero-order valence-electron chi connectivity index (χ0n) is 45.1. The van der Waals surface area contributed by atoms with Gasteiger partial charge in [-0.05, 0) is 153 Å². The second-order valence-electron chi connectivity index (χ2n) is 20.7. The normalized spacial score (nSPS) is 14.8. The lowest BCUT2D eigenvalue weighted by Gasteiger charge is -2.29. The van der Waals surface area contributed by atoms with Gasteiger partial charge in [0.15, 0.2) is 0 Å². The van der Waals surface area contributed by atoms with Gasteiger partial charge in [-0.1, -0.05) is 55.4 Å². The molecule has 0 spiro atoms. The van der Waals surface area contributed by atoms with Crippen LogP contribution in [-0.2, 0) is 43.2 Å². The molecule has 18 N–H and O–H groups in total. The highest BCUT2D eigenvalue weighted by atomic mass is 16.2. The summed E-state index contributed by atoms with van der Waals surface area (Å²) in [5.74, 6) is -5.79. The number of carbonyl (C=O) groups is 9. The molecule has 22 nitrogen and oxygen atoms in total. The van der Waals surface area contributed by atoms with Crippen LogP contribution in [-0.4, -0.2) is 128 Å². The van der Waals surface area contributed by atoms with Gasteiger partial charge in [0.1, 0.15) is 48.3 Å². The quantitative estimate of drug-likeness (QED) is 0.0362. The lowest BCUT2D eigenvalue weighted by atomic mass is 9.98. The third kappa shape index (κ3) is 29.6. The fourth-order valence-corrected chi connectivity index (χ4v) is 8.02. The molecule has 0 unspecified atom stereocenters. The predicted molar refractivity (Wildman–Crippen MR) is 280 cm³/mol. The van der Waals surface area contributed by atoms with Gasteiger partial charge in [0.25, 0.3) is 0 Å². The lowest BCUT2D eigenvalue weighted by molar-refractivity contribution is -0.136. The molecule has 416 valence electrons. The smallest absolute Gasteiger partial charge is 0.243 e. The number of nitrogens with one attached hydrogen (secondary N) is 8. The molecule has 0 aromatic carbocycles. The number of hydrogen-bond acceptors (Lipinski definition) is 13. The summed E-state index contributed by atoms with van der Waals surface area (Å²) in [5.41, 5.74) is 28.6. The number of carbonyl (C=O) groups excluding carboxylic acids is 9. The van der Waals surface area contributed by atoms with E-state index in [0.29, 0.717) is 90.4 Å². The van der Waals surface area contributed by atoms with Crippen molar-refractivity contribution in [2.24, 2.45) is 52.3 Å². The summed E-state index contributed by atoms with van der Waals surface area (Å²) in [6, 6.07) is -8.65. The Morgan fingerprint density at radius 2 is 0.500 bits per heavy atom. The molecule has 72 heavy (non-hydrogen) atoms. The maximum Gasteiger partial charge on any atom is 0.243 e. The molecule has 0 bridgehead atoms. The molecule has 0 aliphatic heterocycles. The van der Waals surface area contributed by atoms with E-state index in [1.165, 1.54) is 6.92 Å². The van der Waals surface area contributed by atoms with E-state index in [1.807, 2.05) is 55.4 Å². The van der Waals surface area contributed by atoms with Gasteiger partial charge in [-0.15, -0.1) is 0 Å². The number of hydrogen-bond donors (Lipinski definition) is 13. The van der Waals surface area contributed by atoms with Crippen molar-refractivity contribution >= 4 is 53.2 Å². The van der Waals surface area contributed by atoms with Crippen LogP contribution >= 0.6 is 0 Å². The van der Waals surface area contributed by atoms with E-state index in [4.69, 9.17) is 28.7 Å². The van der Waals surface area contributed by atoms with Crippen molar-refractivity contribution in [1.29, 1.82) is 0 Å². The Labute approximate surface area is 429 Å². The first-order chi connectivity index (χ1) is 33.9. The number of unbranched alkanes of at least 4 members (excludes halogenated alkanes) is 4. The van der Waals surface area contributed by atoms with Crippen molar-refractivity contribution in [2.75, 3.05) is 26.2 Å². The zero-order valence-corrected chi connectivity index (χ0v) is 45.1. The Bertz CT molecular complexity index is 1670. The standard InChI is InChI=1S/C50H97N13O9/c1-30(2)26-39(43(55)65)60-49(71)41(28-32(5)6)61-47(69)38(21-13-17-25-54)58-45(67)36(19-11-15-23-52)59-48(70)40(27-31(3)4)63-50(72)42(29-33(7)8)62-46(68)37(20-12-16-24-53)57-44(66)35(56-34(9)64)18-10-14-22-51/h30-33,35-42H,10-29,51-54H2,1-9H3,(H2,55,65)(H,56,64)(H,57,66)(H,58,67)(H,59,70)(H,60,71)(H,61,69)(H,62,68)(H,63,72)/t35-,36-,37-,38-,39-,40-,41-,42-/m0/s1. The van der Waals surface area contributed by atoms with Crippen LogP contribution in [0.5, 0.6) is 0 Å². The maximum absolute atomic E-state index is 14.3. The van der Waals surface area contributed by atoms with Crippen molar-refractivity contribution in [3.8, 4) is 0 Å². The molecule has 0 aliphatic rings. The van der Waals surface area contributed by atoms with Crippen LogP contribution in [0.4, 0.5) is 0 Å². The molecule has 0 fully saturated rings. The van der Waals surface area contributed by atoms with E-state index in [9.17, 15) is 43.2 Å². The molecule has 0 rings (SSSR count). The minimum absolute atomic E-state index is 0.0413.